The van der Waals surface area contributed by atoms with Crippen molar-refractivity contribution in [2.45, 2.75) is 0 Å². The fourth-order valence-electron chi connectivity index (χ4n) is 2.04. The van der Waals surface area contributed by atoms with Crippen LogP contribution < -0.4 is 10.9 Å². The molecule has 23 heavy (non-hydrogen) atoms. The average Bonchev–Trinajstić information content (AvgIpc) is 2.55. The monoisotopic (exact) mass is 312 g/mol. The number of nitrogens with one attached hydrogen (secondary N) is 1. The third-order valence-electron chi connectivity index (χ3n) is 3.29. The van der Waals surface area contributed by atoms with Crippen LogP contribution in [-0.4, -0.2) is 19.6 Å². The predicted octanol–water partition coefficient (Wildman–Crippen LogP) is 2.43. The minimum Gasteiger partial charge on any atom is -0.506 e. The molecule has 0 saturated heterocycles. The number of benzene rings is 1. The average molecular weight is 312 g/mol. The quantitative estimate of drug-likeness (QED) is 0.776. The van der Waals surface area contributed by atoms with Gasteiger partial charge in [-0.15, -0.1) is 0 Å². The van der Waals surface area contributed by atoms with Crippen molar-refractivity contribution in [3.05, 3.63) is 65.0 Å². The van der Waals surface area contributed by atoms with Crippen LogP contribution >= 0.6 is 0 Å². The van der Waals surface area contributed by atoms with Gasteiger partial charge in [0, 0.05) is 18.9 Å². The third kappa shape index (κ3) is 3.03. The molecular formula is C16H13FN4O2. The SMILES string of the molecule is Cn1c(Nc2ccc(F)cc2)ncc(-c2ccc(O)cn2)c1=O. The normalized spacial score (nSPS) is 10.5. The molecule has 6 nitrogen and oxygen atoms in total. The van der Waals surface area contributed by atoms with E-state index in [1.165, 1.54) is 35.2 Å². The van der Waals surface area contributed by atoms with Gasteiger partial charge in [-0.25, -0.2) is 9.37 Å². The van der Waals surface area contributed by atoms with Gasteiger partial charge in [0.2, 0.25) is 5.95 Å². The van der Waals surface area contributed by atoms with Gasteiger partial charge in [-0.3, -0.25) is 14.3 Å². The van der Waals surface area contributed by atoms with E-state index in [0.717, 1.165) is 0 Å². The van der Waals surface area contributed by atoms with Crippen LogP contribution in [0.25, 0.3) is 11.3 Å². The Labute approximate surface area is 130 Å². The molecule has 0 unspecified atom stereocenters. The molecule has 3 aromatic rings. The molecule has 0 saturated carbocycles. The minimum atomic E-state index is -0.342. The first-order valence-electron chi connectivity index (χ1n) is 6.78. The summed E-state index contributed by atoms with van der Waals surface area (Å²) in [5.74, 6) is 0.00316. The van der Waals surface area contributed by atoms with E-state index in [9.17, 15) is 14.3 Å². The first-order valence-corrected chi connectivity index (χ1v) is 6.78. The Bertz CT molecular complexity index is 889. The number of aromatic hydroxyl groups is 1. The van der Waals surface area contributed by atoms with Gasteiger partial charge in [-0.05, 0) is 36.4 Å². The third-order valence-corrected chi connectivity index (χ3v) is 3.29. The molecule has 2 heterocycles. The Kier molecular flexibility index (Phi) is 3.76. The molecule has 0 radical (unpaired) electrons. The number of anilines is 2. The first kappa shape index (κ1) is 14.7. The van der Waals surface area contributed by atoms with Gasteiger partial charge in [-0.2, -0.15) is 0 Å². The summed E-state index contributed by atoms with van der Waals surface area (Å²) in [4.78, 5) is 20.7. The summed E-state index contributed by atoms with van der Waals surface area (Å²) in [6.07, 6.45) is 2.67. The number of rotatable bonds is 3. The van der Waals surface area contributed by atoms with Crippen molar-refractivity contribution in [1.82, 2.24) is 14.5 Å². The zero-order valence-corrected chi connectivity index (χ0v) is 12.2. The second-order valence-electron chi connectivity index (χ2n) is 4.89. The van der Waals surface area contributed by atoms with E-state index in [1.807, 2.05) is 0 Å². The second-order valence-corrected chi connectivity index (χ2v) is 4.89. The lowest BCUT2D eigenvalue weighted by Crippen LogP contribution is -2.22. The predicted molar refractivity (Wildman–Crippen MR) is 84.1 cm³/mol. The van der Waals surface area contributed by atoms with Crippen LogP contribution in [0, 0.1) is 5.82 Å². The van der Waals surface area contributed by atoms with Crippen molar-refractivity contribution >= 4 is 11.6 Å². The highest BCUT2D eigenvalue weighted by Gasteiger charge is 2.10. The van der Waals surface area contributed by atoms with Gasteiger partial charge < -0.3 is 10.4 Å². The largest absolute Gasteiger partial charge is 0.506 e. The van der Waals surface area contributed by atoms with Crippen LogP contribution in [0.15, 0.2) is 53.6 Å². The van der Waals surface area contributed by atoms with Crippen LogP contribution in [0.4, 0.5) is 16.0 Å². The first-order chi connectivity index (χ1) is 11.0. The summed E-state index contributed by atoms with van der Waals surface area (Å²) in [5, 5.41) is 12.2. The number of hydrogen-bond acceptors (Lipinski definition) is 5. The molecule has 1 aromatic carbocycles. The summed E-state index contributed by atoms with van der Waals surface area (Å²) in [5.41, 5.74) is 1.06. The van der Waals surface area contributed by atoms with E-state index < -0.39 is 0 Å². The second kappa shape index (κ2) is 5.88. The van der Waals surface area contributed by atoms with Crippen molar-refractivity contribution in [3.8, 4) is 17.0 Å². The lowest BCUT2D eigenvalue weighted by molar-refractivity contribution is 0.473. The van der Waals surface area contributed by atoms with Gasteiger partial charge in [0.25, 0.3) is 5.56 Å². The van der Waals surface area contributed by atoms with Crippen molar-refractivity contribution in [2.75, 3.05) is 5.32 Å². The van der Waals surface area contributed by atoms with Gasteiger partial charge in [0.1, 0.15) is 11.6 Å². The Morgan fingerprint density at radius 1 is 1.09 bits per heavy atom. The van der Waals surface area contributed by atoms with Gasteiger partial charge in [0.15, 0.2) is 0 Å². The smallest absolute Gasteiger partial charge is 0.264 e. The minimum absolute atomic E-state index is 0.0214. The van der Waals surface area contributed by atoms with Crippen LogP contribution in [0.3, 0.4) is 0 Å². The van der Waals surface area contributed by atoms with Gasteiger partial charge >= 0.3 is 0 Å². The number of hydrogen-bond donors (Lipinski definition) is 2. The van der Waals surface area contributed by atoms with Crippen molar-refractivity contribution in [2.24, 2.45) is 7.05 Å². The maximum atomic E-state index is 12.9. The topological polar surface area (TPSA) is 80.0 Å². The molecule has 0 aliphatic rings. The maximum absolute atomic E-state index is 12.9. The molecule has 0 spiro atoms. The van der Waals surface area contributed by atoms with E-state index >= 15 is 0 Å². The summed E-state index contributed by atoms with van der Waals surface area (Å²) < 4.78 is 14.3. The standard InChI is InChI=1S/C16H13FN4O2/c1-21-15(23)13(14-7-6-12(22)8-18-14)9-19-16(21)20-11-4-2-10(17)3-5-11/h2-9,22H,1H3,(H,19,20). The summed E-state index contributed by atoms with van der Waals surface area (Å²) in [7, 11) is 1.57. The van der Waals surface area contributed by atoms with E-state index in [4.69, 9.17) is 0 Å². The molecule has 7 heteroatoms. The van der Waals surface area contributed by atoms with Crippen molar-refractivity contribution in [3.63, 3.8) is 0 Å². The van der Waals surface area contributed by atoms with Gasteiger partial charge in [0.05, 0.1) is 17.5 Å². The highest BCUT2D eigenvalue weighted by atomic mass is 19.1. The highest BCUT2D eigenvalue weighted by Crippen LogP contribution is 2.17. The Balaban J connectivity index is 1.96. The van der Waals surface area contributed by atoms with E-state index in [0.29, 0.717) is 22.9 Å². The fourth-order valence-corrected chi connectivity index (χ4v) is 2.04. The molecule has 2 N–H and O–H groups in total. The van der Waals surface area contributed by atoms with Crippen LogP contribution in [-0.2, 0) is 7.05 Å². The molecular weight excluding hydrogens is 299 g/mol. The lowest BCUT2D eigenvalue weighted by atomic mass is 10.2. The molecule has 0 fully saturated rings. The molecule has 0 aliphatic carbocycles. The molecule has 0 atom stereocenters. The zero-order valence-electron chi connectivity index (χ0n) is 12.2. The molecule has 0 aliphatic heterocycles. The Hall–Kier alpha value is -3.22. The molecule has 0 amide bonds. The zero-order chi connectivity index (χ0) is 16.4. The number of pyridine rings is 1. The Morgan fingerprint density at radius 2 is 1.83 bits per heavy atom. The van der Waals surface area contributed by atoms with Crippen LogP contribution in [0.2, 0.25) is 0 Å². The van der Waals surface area contributed by atoms with Crippen LogP contribution in [0.1, 0.15) is 0 Å². The molecule has 3 rings (SSSR count). The number of nitrogens with zero attached hydrogens (tertiary/aromatic N) is 3. The fraction of sp³-hybridized carbons (Fsp3) is 0.0625. The Morgan fingerprint density at radius 3 is 2.48 bits per heavy atom. The summed E-state index contributed by atoms with van der Waals surface area (Å²) >= 11 is 0. The van der Waals surface area contributed by atoms with Crippen LogP contribution in [0.5, 0.6) is 5.75 Å². The summed E-state index contributed by atoms with van der Waals surface area (Å²) in [6.45, 7) is 0. The molecule has 116 valence electrons. The van der Waals surface area contributed by atoms with Crippen molar-refractivity contribution in [1.29, 1.82) is 0 Å². The number of aromatic nitrogens is 3. The lowest BCUT2D eigenvalue weighted by Gasteiger charge is -2.11. The molecule has 0 bridgehead atoms. The highest BCUT2D eigenvalue weighted by molar-refractivity contribution is 5.60. The van der Waals surface area contributed by atoms with E-state index in [-0.39, 0.29) is 17.1 Å². The summed E-state index contributed by atoms with van der Waals surface area (Å²) in [6, 6.07) is 8.73. The number of halogens is 1. The molecule has 2 aromatic heterocycles. The van der Waals surface area contributed by atoms with Crippen molar-refractivity contribution < 1.29 is 9.50 Å². The maximum Gasteiger partial charge on any atom is 0.264 e. The van der Waals surface area contributed by atoms with Gasteiger partial charge in [-0.1, -0.05) is 0 Å². The van der Waals surface area contributed by atoms with E-state index in [1.54, 1.807) is 25.2 Å². The van der Waals surface area contributed by atoms with E-state index in [2.05, 4.69) is 15.3 Å².